The molecule has 2 heteroatoms. The van der Waals surface area contributed by atoms with Gasteiger partial charge in [-0.25, -0.2) is 0 Å². The molecule has 2 nitrogen and oxygen atoms in total. The Morgan fingerprint density at radius 1 is 0.947 bits per heavy atom. The van der Waals surface area contributed by atoms with Gasteiger partial charge in [-0.1, -0.05) is 42.5 Å². The van der Waals surface area contributed by atoms with Crippen LogP contribution in [0.5, 0.6) is 5.75 Å². The second-order valence-electron chi connectivity index (χ2n) is 4.91. The molecule has 1 saturated heterocycles. The van der Waals surface area contributed by atoms with E-state index in [9.17, 15) is 0 Å². The van der Waals surface area contributed by atoms with E-state index in [4.69, 9.17) is 9.47 Å². The molecule has 0 spiro atoms. The van der Waals surface area contributed by atoms with Crippen LogP contribution in [0, 0.1) is 0 Å². The third kappa shape index (κ3) is 3.36. The lowest BCUT2D eigenvalue weighted by atomic mass is 10.1. The number of rotatable bonds is 4. The largest absolute Gasteiger partial charge is 0.488 e. The summed E-state index contributed by atoms with van der Waals surface area (Å²) in [5, 5.41) is 0. The van der Waals surface area contributed by atoms with Crippen molar-refractivity contribution >= 4 is 0 Å². The Morgan fingerprint density at radius 2 is 1.68 bits per heavy atom. The van der Waals surface area contributed by atoms with Crippen LogP contribution >= 0.6 is 0 Å². The van der Waals surface area contributed by atoms with E-state index in [2.05, 4.69) is 48.5 Å². The Hall–Kier alpha value is -1.80. The lowest BCUT2D eigenvalue weighted by molar-refractivity contribution is 0.141. The van der Waals surface area contributed by atoms with Crippen LogP contribution in [-0.4, -0.2) is 19.3 Å². The van der Waals surface area contributed by atoms with Gasteiger partial charge < -0.3 is 9.47 Å². The first kappa shape index (κ1) is 12.2. The lowest BCUT2D eigenvalue weighted by Gasteiger charge is -2.12. The first-order chi connectivity index (χ1) is 9.40. The summed E-state index contributed by atoms with van der Waals surface area (Å²) in [6.07, 6.45) is 2.18. The molecular weight excluding hydrogens is 236 g/mol. The second kappa shape index (κ2) is 5.89. The summed E-state index contributed by atoms with van der Waals surface area (Å²) in [7, 11) is 0. The molecule has 1 heterocycles. The smallest absolute Gasteiger partial charge is 0.124 e. The molecule has 98 valence electrons. The molecule has 1 aliphatic heterocycles. The standard InChI is InChI=1S/C17H18O2/c1-2-4-14(5-3-1)12-15-6-8-16(9-7-15)19-17-10-11-18-13-17/h1-9,17H,10-13H2/t17-/m0/s1. The summed E-state index contributed by atoms with van der Waals surface area (Å²) < 4.78 is 11.2. The predicted molar refractivity (Wildman–Crippen MR) is 75.5 cm³/mol. The molecular formula is C17H18O2. The van der Waals surface area contributed by atoms with E-state index >= 15 is 0 Å². The molecule has 1 aliphatic rings. The third-order valence-electron chi connectivity index (χ3n) is 3.37. The molecule has 0 amide bonds. The van der Waals surface area contributed by atoms with E-state index in [1.807, 2.05) is 6.07 Å². The highest BCUT2D eigenvalue weighted by Crippen LogP contribution is 2.19. The molecule has 0 aliphatic carbocycles. The highest BCUT2D eigenvalue weighted by molar-refractivity contribution is 5.31. The molecule has 0 aromatic heterocycles. The van der Waals surface area contributed by atoms with Gasteiger partial charge in [-0.05, 0) is 29.7 Å². The maximum atomic E-state index is 5.86. The van der Waals surface area contributed by atoms with Crippen LogP contribution in [0.1, 0.15) is 17.5 Å². The minimum atomic E-state index is 0.222. The minimum absolute atomic E-state index is 0.222. The van der Waals surface area contributed by atoms with E-state index in [0.717, 1.165) is 25.2 Å². The fraction of sp³-hybridized carbons (Fsp3) is 0.294. The maximum Gasteiger partial charge on any atom is 0.124 e. The Bertz CT molecular complexity index is 499. The van der Waals surface area contributed by atoms with E-state index in [1.54, 1.807) is 0 Å². The maximum absolute atomic E-state index is 5.86. The van der Waals surface area contributed by atoms with Crippen LogP contribution in [0.2, 0.25) is 0 Å². The van der Waals surface area contributed by atoms with Crippen molar-refractivity contribution in [3.63, 3.8) is 0 Å². The summed E-state index contributed by atoms with van der Waals surface area (Å²) in [6.45, 7) is 1.53. The number of benzene rings is 2. The molecule has 0 saturated carbocycles. The summed E-state index contributed by atoms with van der Waals surface area (Å²) >= 11 is 0. The van der Waals surface area contributed by atoms with Crippen molar-refractivity contribution in [2.75, 3.05) is 13.2 Å². The van der Waals surface area contributed by atoms with E-state index in [0.29, 0.717) is 6.61 Å². The van der Waals surface area contributed by atoms with Gasteiger partial charge in [-0.3, -0.25) is 0 Å². The fourth-order valence-corrected chi connectivity index (χ4v) is 2.32. The van der Waals surface area contributed by atoms with Crippen molar-refractivity contribution in [2.45, 2.75) is 18.9 Å². The molecule has 0 bridgehead atoms. The van der Waals surface area contributed by atoms with Gasteiger partial charge in [0.25, 0.3) is 0 Å². The van der Waals surface area contributed by atoms with Gasteiger partial charge in [0.15, 0.2) is 0 Å². The van der Waals surface area contributed by atoms with Crippen LogP contribution in [-0.2, 0) is 11.2 Å². The zero-order chi connectivity index (χ0) is 12.9. The highest BCUT2D eigenvalue weighted by Gasteiger charge is 2.16. The van der Waals surface area contributed by atoms with Crippen molar-refractivity contribution in [2.24, 2.45) is 0 Å². The Labute approximate surface area is 114 Å². The quantitative estimate of drug-likeness (QED) is 0.832. The third-order valence-corrected chi connectivity index (χ3v) is 3.37. The molecule has 0 radical (unpaired) electrons. The molecule has 2 aromatic rings. The van der Waals surface area contributed by atoms with E-state index in [1.165, 1.54) is 11.1 Å². The first-order valence-corrected chi connectivity index (χ1v) is 6.77. The van der Waals surface area contributed by atoms with E-state index in [-0.39, 0.29) is 6.10 Å². The van der Waals surface area contributed by atoms with Gasteiger partial charge in [0.1, 0.15) is 11.9 Å². The Kier molecular flexibility index (Phi) is 3.80. The zero-order valence-corrected chi connectivity index (χ0v) is 10.9. The lowest BCUT2D eigenvalue weighted by Crippen LogP contribution is -2.15. The summed E-state index contributed by atoms with van der Waals surface area (Å²) in [6, 6.07) is 18.9. The van der Waals surface area contributed by atoms with Gasteiger partial charge in [-0.15, -0.1) is 0 Å². The number of ether oxygens (including phenoxy) is 2. The van der Waals surface area contributed by atoms with Crippen molar-refractivity contribution in [1.82, 2.24) is 0 Å². The van der Waals surface area contributed by atoms with Crippen LogP contribution in [0.25, 0.3) is 0 Å². The summed E-state index contributed by atoms with van der Waals surface area (Å²) in [5.74, 6) is 0.937. The van der Waals surface area contributed by atoms with Crippen LogP contribution in [0.4, 0.5) is 0 Å². The fourth-order valence-electron chi connectivity index (χ4n) is 2.32. The summed E-state index contributed by atoms with van der Waals surface area (Å²) in [5.41, 5.74) is 2.64. The average molecular weight is 254 g/mol. The van der Waals surface area contributed by atoms with Crippen molar-refractivity contribution in [1.29, 1.82) is 0 Å². The van der Waals surface area contributed by atoms with Gasteiger partial charge in [-0.2, -0.15) is 0 Å². The van der Waals surface area contributed by atoms with Crippen LogP contribution in [0.3, 0.4) is 0 Å². The number of hydrogen-bond donors (Lipinski definition) is 0. The first-order valence-electron chi connectivity index (χ1n) is 6.77. The number of hydrogen-bond acceptors (Lipinski definition) is 2. The van der Waals surface area contributed by atoms with E-state index < -0.39 is 0 Å². The molecule has 0 unspecified atom stereocenters. The van der Waals surface area contributed by atoms with Crippen LogP contribution < -0.4 is 4.74 Å². The molecule has 0 N–H and O–H groups in total. The molecule has 2 aromatic carbocycles. The molecule has 1 atom stereocenters. The monoisotopic (exact) mass is 254 g/mol. The normalized spacial score (nSPS) is 18.4. The van der Waals surface area contributed by atoms with Crippen molar-refractivity contribution in [3.05, 3.63) is 65.7 Å². The van der Waals surface area contributed by atoms with Gasteiger partial charge in [0.2, 0.25) is 0 Å². The molecule has 19 heavy (non-hydrogen) atoms. The average Bonchev–Trinajstić information content (AvgIpc) is 2.95. The highest BCUT2D eigenvalue weighted by atomic mass is 16.5. The van der Waals surface area contributed by atoms with Crippen LogP contribution in [0.15, 0.2) is 54.6 Å². The van der Waals surface area contributed by atoms with Crippen molar-refractivity contribution < 1.29 is 9.47 Å². The van der Waals surface area contributed by atoms with Gasteiger partial charge in [0.05, 0.1) is 13.2 Å². The molecule has 3 rings (SSSR count). The predicted octanol–water partition coefficient (Wildman–Crippen LogP) is 3.45. The second-order valence-corrected chi connectivity index (χ2v) is 4.91. The van der Waals surface area contributed by atoms with Gasteiger partial charge >= 0.3 is 0 Å². The minimum Gasteiger partial charge on any atom is -0.488 e. The summed E-state index contributed by atoms with van der Waals surface area (Å²) in [4.78, 5) is 0. The zero-order valence-electron chi connectivity index (χ0n) is 10.9. The molecule has 1 fully saturated rings. The van der Waals surface area contributed by atoms with Crippen molar-refractivity contribution in [3.8, 4) is 5.75 Å². The van der Waals surface area contributed by atoms with Gasteiger partial charge in [0, 0.05) is 6.42 Å². The Morgan fingerprint density at radius 3 is 2.37 bits per heavy atom. The SMILES string of the molecule is c1ccc(Cc2ccc(O[C@H]3CCOC3)cc2)cc1. The topological polar surface area (TPSA) is 18.5 Å². The Balaban J connectivity index is 1.62.